The smallest absolute Gasteiger partial charge is 0.326 e. The number of nitrogens with one attached hydrogen (secondary N) is 4. The van der Waals surface area contributed by atoms with Crippen LogP contribution in [0.2, 0.25) is 0 Å². The molecule has 13 heteroatoms. The molecule has 0 saturated carbocycles. The largest absolute Gasteiger partial charge is 0.348 e. The number of H-pyrrole nitrogens is 2. The van der Waals surface area contributed by atoms with Crippen molar-refractivity contribution in [2.75, 3.05) is 23.7 Å². The molecule has 2 aromatic heterocycles. The van der Waals surface area contributed by atoms with Crippen molar-refractivity contribution in [2.45, 2.75) is 19.5 Å². The number of nitrogens with zero attached hydrogens (tertiary/aromatic N) is 3. The van der Waals surface area contributed by atoms with E-state index in [4.69, 9.17) is 5.73 Å². The number of amides is 2. The van der Waals surface area contributed by atoms with E-state index in [1.807, 2.05) is 17.4 Å². The van der Waals surface area contributed by atoms with Gasteiger partial charge in [0, 0.05) is 43.8 Å². The van der Waals surface area contributed by atoms with Crippen molar-refractivity contribution in [3.05, 3.63) is 94.2 Å². The number of halogens is 3. The zero-order chi connectivity index (χ0) is 27.1. The fourth-order valence-electron chi connectivity index (χ4n) is 3.72. The molecule has 0 bridgehead atoms. The number of imidazole rings is 1. The van der Waals surface area contributed by atoms with Gasteiger partial charge in [-0.2, -0.15) is 4.98 Å². The molecule has 0 aliphatic carbocycles. The summed E-state index contributed by atoms with van der Waals surface area (Å²) in [5.41, 5.74) is 6.39. The van der Waals surface area contributed by atoms with Gasteiger partial charge in [0.15, 0.2) is 11.6 Å². The summed E-state index contributed by atoms with van der Waals surface area (Å²) in [6.07, 6.45) is 5.70. The second-order valence-electron chi connectivity index (χ2n) is 8.38. The van der Waals surface area contributed by atoms with Gasteiger partial charge in [0.2, 0.25) is 5.95 Å². The number of carbonyl (C=O) groups is 1. The summed E-state index contributed by atoms with van der Waals surface area (Å²) in [7, 11) is 0. The number of carbonyl (C=O) groups excluding carboxylic acids is 1. The SMILES string of the molecule is NCCCN(Cc1ccc(-c2c[nH]c(NC(=O)Nc3cc(F)c(F)cc3F)nc2=O)cc1)Cc1ncc[nH]1. The predicted octanol–water partition coefficient (Wildman–Crippen LogP) is 3.57. The molecule has 4 rings (SSSR count). The second kappa shape index (κ2) is 12.2. The molecular weight excluding hydrogens is 501 g/mol. The highest BCUT2D eigenvalue weighted by molar-refractivity contribution is 5.98. The summed E-state index contributed by atoms with van der Waals surface area (Å²) in [6.45, 7) is 2.68. The third-order valence-electron chi connectivity index (χ3n) is 5.56. The Bertz CT molecular complexity index is 1440. The van der Waals surface area contributed by atoms with Gasteiger partial charge < -0.3 is 21.0 Å². The van der Waals surface area contributed by atoms with Crippen LogP contribution in [0, 0.1) is 17.5 Å². The summed E-state index contributed by atoms with van der Waals surface area (Å²) in [6, 6.07) is 7.19. The monoisotopic (exact) mass is 526 g/mol. The maximum atomic E-state index is 13.7. The number of anilines is 2. The fourth-order valence-corrected chi connectivity index (χ4v) is 3.72. The topological polar surface area (TPSA) is 145 Å². The third kappa shape index (κ3) is 6.83. The first kappa shape index (κ1) is 26.6. The van der Waals surface area contributed by atoms with Crippen molar-refractivity contribution >= 4 is 17.7 Å². The van der Waals surface area contributed by atoms with E-state index in [9.17, 15) is 22.8 Å². The average molecular weight is 527 g/mol. The van der Waals surface area contributed by atoms with E-state index in [1.165, 1.54) is 6.20 Å². The standard InChI is InChI=1S/C25H25F3N8O2/c26-18-10-20(28)21(11-19(18)27)33-25(38)35-24-32-12-17(23(37)34-24)16-4-2-15(3-5-16)13-36(9-1-6-29)14-22-30-7-8-31-22/h2-5,7-8,10-12H,1,6,9,13-14,29H2,(H,30,31)(H3,32,33,34,35,37,38). The van der Waals surface area contributed by atoms with Gasteiger partial charge in [-0.25, -0.2) is 22.9 Å². The Hall–Kier alpha value is -4.49. The van der Waals surface area contributed by atoms with Gasteiger partial charge in [0.1, 0.15) is 11.6 Å². The highest BCUT2D eigenvalue weighted by Crippen LogP contribution is 2.19. The lowest BCUT2D eigenvalue weighted by atomic mass is 10.1. The Balaban J connectivity index is 1.40. The first-order valence-corrected chi connectivity index (χ1v) is 11.6. The first-order chi connectivity index (χ1) is 18.3. The van der Waals surface area contributed by atoms with Gasteiger partial charge in [-0.05, 0) is 24.1 Å². The molecular formula is C25H25F3N8O2. The highest BCUT2D eigenvalue weighted by atomic mass is 19.2. The molecule has 0 aliphatic rings. The van der Waals surface area contributed by atoms with Crippen LogP contribution in [-0.2, 0) is 13.1 Å². The van der Waals surface area contributed by atoms with E-state index in [0.29, 0.717) is 37.3 Å². The summed E-state index contributed by atoms with van der Waals surface area (Å²) >= 11 is 0. The van der Waals surface area contributed by atoms with Crippen molar-refractivity contribution < 1.29 is 18.0 Å². The van der Waals surface area contributed by atoms with E-state index in [1.54, 1.807) is 24.5 Å². The van der Waals surface area contributed by atoms with Gasteiger partial charge in [-0.1, -0.05) is 24.3 Å². The van der Waals surface area contributed by atoms with Gasteiger partial charge in [-0.3, -0.25) is 15.0 Å². The third-order valence-corrected chi connectivity index (χ3v) is 5.56. The highest BCUT2D eigenvalue weighted by Gasteiger charge is 2.14. The number of aromatic nitrogens is 4. The molecule has 2 amide bonds. The van der Waals surface area contributed by atoms with E-state index in [0.717, 1.165) is 24.4 Å². The van der Waals surface area contributed by atoms with Crippen molar-refractivity contribution in [1.82, 2.24) is 24.8 Å². The van der Waals surface area contributed by atoms with Crippen molar-refractivity contribution in [3.63, 3.8) is 0 Å². The molecule has 0 radical (unpaired) electrons. The lowest BCUT2D eigenvalue weighted by Crippen LogP contribution is -2.26. The Kier molecular flexibility index (Phi) is 8.51. The minimum Gasteiger partial charge on any atom is -0.348 e. The molecule has 4 aromatic rings. The van der Waals surface area contributed by atoms with Crippen LogP contribution < -0.4 is 21.9 Å². The average Bonchev–Trinajstić information content (AvgIpc) is 3.40. The minimum absolute atomic E-state index is 0.218. The van der Waals surface area contributed by atoms with Crippen LogP contribution in [0.4, 0.5) is 29.6 Å². The molecule has 2 aromatic carbocycles. The van der Waals surface area contributed by atoms with Crippen LogP contribution in [0.5, 0.6) is 0 Å². The van der Waals surface area contributed by atoms with Crippen molar-refractivity contribution in [2.24, 2.45) is 5.73 Å². The summed E-state index contributed by atoms with van der Waals surface area (Å²) in [5.74, 6) is -3.24. The van der Waals surface area contributed by atoms with Crippen LogP contribution in [0.25, 0.3) is 11.1 Å². The lowest BCUT2D eigenvalue weighted by Gasteiger charge is -2.21. The molecule has 6 N–H and O–H groups in total. The van der Waals surface area contributed by atoms with E-state index < -0.39 is 34.7 Å². The lowest BCUT2D eigenvalue weighted by molar-refractivity contribution is 0.249. The number of rotatable bonds is 10. The maximum absolute atomic E-state index is 13.7. The number of hydrogen-bond acceptors (Lipinski definition) is 6. The molecule has 0 fully saturated rings. The number of urea groups is 1. The normalized spacial score (nSPS) is 11.1. The van der Waals surface area contributed by atoms with E-state index in [2.05, 4.69) is 30.2 Å². The summed E-state index contributed by atoms with van der Waals surface area (Å²) in [5, 5.41) is 4.24. The molecule has 0 aliphatic heterocycles. The Morgan fingerprint density at radius 1 is 1.00 bits per heavy atom. The van der Waals surface area contributed by atoms with E-state index >= 15 is 0 Å². The Morgan fingerprint density at radius 2 is 1.76 bits per heavy atom. The zero-order valence-corrected chi connectivity index (χ0v) is 20.1. The molecule has 198 valence electrons. The Morgan fingerprint density at radius 3 is 2.45 bits per heavy atom. The maximum Gasteiger partial charge on any atom is 0.326 e. The van der Waals surface area contributed by atoms with Crippen LogP contribution in [0.15, 0.2) is 59.8 Å². The van der Waals surface area contributed by atoms with Gasteiger partial charge in [0.05, 0.1) is 17.8 Å². The predicted molar refractivity (Wildman–Crippen MR) is 136 cm³/mol. The van der Waals surface area contributed by atoms with E-state index in [-0.39, 0.29) is 11.5 Å². The van der Waals surface area contributed by atoms with Crippen LogP contribution in [-0.4, -0.2) is 44.0 Å². The van der Waals surface area contributed by atoms with Crippen LogP contribution in [0.3, 0.4) is 0 Å². The zero-order valence-electron chi connectivity index (χ0n) is 20.1. The quantitative estimate of drug-likeness (QED) is 0.200. The van der Waals surface area contributed by atoms with Gasteiger partial charge >= 0.3 is 6.03 Å². The minimum atomic E-state index is -1.39. The fraction of sp³-hybridized carbons (Fsp3) is 0.200. The summed E-state index contributed by atoms with van der Waals surface area (Å²) < 4.78 is 40.1. The molecule has 2 heterocycles. The van der Waals surface area contributed by atoms with Gasteiger partial charge in [-0.15, -0.1) is 0 Å². The molecule has 0 unspecified atom stereocenters. The van der Waals surface area contributed by atoms with Crippen molar-refractivity contribution in [3.8, 4) is 11.1 Å². The number of nitrogens with two attached hydrogens (primary N) is 1. The number of hydrogen-bond donors (Lipinski definition) is 5. The number of benzene rings is 2. The first-order valence-electron chi connectivity index (χ1n) is 11.6. The molecule has 0 saturated heterocycles. The van der Waals surface area contributed by atoms with Crippen LogP contribution >= 0.6 is 0 Å². The Labute approximate surface area is 215 Å². The molecule has 0 atom stereocenters. The summed E-state index contributed by atoms with van der Waals surface area (Å²) in [4.78, 5) is 40.8. The molecule has 0 spiro atoms. The molecule has 38 heavy (non-hydrogen) atoms. The van der Waals surface area contributed by atoms with Gasteiger partial charge in [0.25, 0.3) is 5.56 Å². The van der Waals surface area contributed by atoms with Crippen LogP contribution in [0.1, 0.15) is 17.8 Å². The second-order valence-corrected chi connectivity index (χ2v) is 8.38. The van der Waals surface area contributed by atoms with Crippen molar-refractivity contribution in [1.29, 1.82) is 0 Å². The number of aromatic amines is 2. The molecule has 10 nitrogen and oxygen atoms in total.